The van der Waals surface area contributed by atoms with Crippen LogP contribution >= 0.6 is 0 Å². The third-order valence-electron chi connectivity index (χ3n) is 14.9. The van der Waals surface area contributed by atoms with Crippen LogP contribution in [0, 0.1) is 34.2 Å². The molecule has 0 bridgehead atoms. The normalized spacial score (nSPS) is 23.3. The number of fused-ring (bicyclic) bond motifs is 1. The lowest BCUT2D eigenvalue weighted by atomic mass is 9.70. The molecular formula is C50H60FN7O7S. The molecule has 2 aromatic heterocycles. The molecule has 66 heavy (non-hydrogen) atoms. The maximum atomic E-state index is 14.7. The van der Waals surface area contributed by atoms with Gasteiger partial charge in [0.2, 0.25) is 0 Å². The highest BCUT2D eigenvalue weighted by Crippen LogP contribution is 2.49. The molecule has 14 nitrogen and oxygen atoms in total. The Morgan fingerprint density at radius 3 is 2.48 bits per heavy atom. The van der Waals surface area contributed by atoms with Crippen molar-refractivity contribution in [3.8, 4) is 11.5 Å². The molecule has 16 heteroatoms. The van der Waals surface area contributed by atoms with E-state index in [0.29, 0.717) is 48.6 Å². The van der Waals surface area contributed by atoms with Gasteiger partial charge in [-0.25, -0.2) is 22.5 Å². The fourth-order valence-electron chi connectivity index (χ4n) is 11.0. The van der Waals surface area contributed by atoms with E-state index in [2.05, 4.69) is 67.9 Å². The van der Waals surface area contributed by atoms with Crippen molar-refractivity contribution in [3.63, 3.8) is 0 Å². The Balaban J connectivity index is 0.917. The number of hydrogen-bond acceptors (Lipinski definition) is 11. The number of carbonyl (C=O) groups is 1. The number of aromatic amines is 1. The molecule has 4 fully saturated rings. The molecule has 9 rings (SSSR count). The number of anilines is 2. The largest absolute Gasteiger partial charge is 0.455 e. The minimum absolute atomic E-state index is 0.0409. The summed E-state index contributed by atoms with van der Waals surface area (Å²) in [5.41, 5.74) is 3.60. The topological polar surface area (TPSA) is 183 Å². The summed E-state index contributed by atoms with van der Waals surface area (Å²) in [6.07, 6.45) is 9.63. The molecule has 2 saturated carbocycles. The third kappa shape index (κ3) is 9.23. The summed E-state index contributed by atoms with van der Waals surface area (Å²) < 4.78 is 50.8. The van der Waals surface area contributed by atoms with Gasteiger partial charge in [0, 0.05) is 62.8 Å². The number of nitrogens with one attached hydrogen (secondary N) is 3. The second-order valence-electron chi connectivity index (χ2n) is 19.9. The molecular weight excluding hydrogens is 862 g/mol. The highest BCUT2D eigenvalue weighted by Gasteiger charge is 2.49. The van der Waals surface area contributed by atoms with E-state index in [0.717, 1.165) is 63.6 Å². The lowest BCUT2D eigenvalue weighted by Crippen LogP contribution is -2.63. The Morgan fingerprint density at radius 1 is 1.02 bits per heavy atom. The van der Waals surface area contributed by atoms with E-state index >= 15 is 0 Å². The van der Waals surface area contributed by atoms with Crippen molar-refractivity contribution < 1.29 is 32.4 Å². The number of piperidine rings is 1. The third-order valence-corrected chi connectivity index (χ3v) is 16.2. The van der Waals surface area contributed by atoms with Gasteiger partial charge in [-0.05, 0) is 130 Å². The highest BCUT2D eigenvalue weighted by molar-refractivity contribution is 7.90. The second-order valence-corrected chi connectivity index (χ2v) is 21.5. The maximum absolute atomic E-state index is 14.7. The van der Waals surface area contributed by atoms with E-state index in [1.165, 1.54) is 60.9 Å². The van der Waals surface area contributed by atoms with Crippen LogP contribution in [0.3, 0.4) is 0 Å². The van der Waals surface area contributed by atoms with E-state index in [-0.39, 0.29) is 39.5 Å². The van der Waals surface area contributed by atoms with Crippen LogP contribution in [0.25, 0.3) is 11.0 Å². The van der Waals surface area contributed by atoms with Gasteiger partial charge >= 0.3 is 0 Å². The van der Waals surface area contributed by atoms with Crippen LogP contribution in [0.1, 0.15) is 118 Å². The number of amides is 1. The van der Waals surface area contributed by atoms with Crippen LogP contribution in [0.5, 0.6) is 11.5 Å². The number of rotatable bonds is 13. The Labute approximate surface area is 385 Å². The van der Waals surface area contributed by atoms with Crippen molar-refractivity contribution in [1.29, 1.82) is 0 Å². The van der Waals surface area contributed by atoms with Gasteiger partial charge in [0.05, 0.1) is 32.1 Å². The van der Waals surface area contributed by atoms with Crippen LogP contribution < -0.4 is 19.7 Å². The van der Waals surface area contributed by atoms with Crippen molar-refractivity contribution in [2.24, 2.45) is 11.3 Å². The number of benzene rings is 3. The van der Waals surface area contributed by atoms with Crippen LogP contribution in [0.2, 0.25) is 0 Å². The molecule has 4 aliphatic rings. The number of sulfonamides is 1. The number of nitro groups is 1. The molecule has 0 radical (unpaired) electrons. The average molecular weight is 922 g/mol. The van der Waals surface area contributed by atoms with Crippen LogP contribution in [0.15, 0.2) is 77.8 Å². The molecule has 0 unspecified atom stereocenters. The Hall–Kier alpha value is -5.58. The maximum Gasteiger partial charge on any atom is 0.293 e. The first kappa shape index (κ1) is 45.6. The highest BCUT2D eigenvalue weighted by atomic mass is 32.2. The minimum atomic E-state index is -4.63. The van der Waals surface area contributed by atoms with Crippen molar-refractivity contribution in [2.45, 2.75) is 114 Å². The number of carbonyl (C=O) groups excluding carboxylic acids is 1. The van der Waals surface area contributed by atoms with E-state index in [1.54, 1.807) is 26.0 Å². The number of aliphatic hydroxyl groups is 1. The fourth-order valence-corrected chi connectivity index (χ4v) is 12.0. The Bertz CT molecular complexity index is 2750. The van der Waals surface area contributed by atoms with Crippen LogP contribution in [-0.2, 0) is 10.0 Å². The minimum Gasteiger partial charge on any atom is -0.455 e. The molecule has 5 aromatic rings. The number of halogens is 1. The predicted octanol–water partition coefficient (Wildman–Crippen LogP) is 9.54. The molecule has 4 N–H and O–H groups in total. The molecule has 1 amide bonds. The van der Waals surface area contributed by atoms with E-state index in [1.807, 2.05) is 0 Å². The zero-order chi connectivity index (χ0) is 46.5. The summed E-state index contributed by atoms with van der Waals surface area (Å²) in [7, 11) is -4.63. The van der Waals surface area contributed by atoms with Crippen molar-refractivity contribution in [1.82, 2.24) is 19.6 Å². The lowest BCUT2D eigenvalue weighted by molar-refractivity contribution is -0.384. The second kappa shape index (κ2) is 17.9. The first-order chi connectivity index (χ1) is 31.5. The Kier molecular flexibility index (Phi) is 12.4. The van der Waals surface area contributed by atoms with Gasteiger partial charge in [0.25, 0.3) is 21.6 Å². The Morgan fingerprint density at radius 2 is 1.76 bits per heavy atom. The molecule has 2 aliphatic heterocycles. The number of ether oxygens (including phenoxy) is 1. The quantitative estimate of drug-likeness (QED) is 0.0652. The van der Waals surface area contributed by atoms with Gasteiger partial charge in [-0.15, -0.1) is 0 Å². The first-order valence-electron chi connectivity index (χ1n) is 23.3. The monoisotopic (exact) mass is 921 g/mol. The van der Waals surface area contributed by atoms with Crippen molar-refractivity contribution in [2.75, 3.05) is 42.9 Å². The number of nitro benzene ring substituents is 1. The number of hydrogen-bond donors (Lipinski definition) is 4. The molecule has 350 valence electrons. The van der Waals surface area contributed by atoms with Crippen molar-refractivity contribution >= 4 is 44.0 Å². The zero-order valence-corrected chi connectivity index (χ0v) is 38.9. The van der Waals surface area contributed by atoms with Gasteiger partial charge in [-0.2, -0.15) is 0 Å². The average Bonchev–Trinajstić information content (AvgIpc) is 3.91. The summed E-state index contributed by atoms with van der Waals surface area (Å²) in [5.74, 6) is -0.0915. The summed E-state index contributed by atoms with van der Waals surface area (Å²) in [6, 6.07) is 19.5. The molecule has 2 saturated heterocycles. The number of aromatic nitrogens is 2. The van der Waals surface area contributed by atoms with E-state index in [9.17, 15) is 32.8 Å². The molecule has 3 aromatic carbocycles. The standard InChI is InChI=1S/C50H60FN7O7S/c1-31(2)36-8-5-6-9-37(36)38-10-7-11-43(38)57-29-50(30-57)20-22-56(23-21-50)34-12-14-39(46(24-34)65-45-26-40-41(51)28-53-47(40)54-32(45)3)48(59)55-66(63,64)35-13-15-42(44(25-35)58(61)62)52-27-33-16-18-49(4,60)19-17-33/h5-6,8-9,12-15,24-26,28,31,33,38,43,52,60H,7,10-11,16-23,27,29-30H2,1-4H3,(H,53,54)(H,55,59)/t33?,38-,43-,49?/m1/s1. The fraction of sp³-hybridized carbons (Fsp3) is 0.480. The summed E-state index contributed by atoms with van der Waals surface area (Å²) >= 11 is 0. The van der Waals surface area contributed by atoms with Gasteiger partial charge in [-0.1, -0.05) is 44.5 Å². The summed E-state index contributed by atoms with van der Waals surface area (Å²) in [6.45, 7) is 12.2. The first-order valence-corrected chi connectivity index (χ1v) is 24.8. The SMILES string of the molecule is Cc1nc2[nH]cc(F)c2cc1Oc1cc(N2CCC3(CC2)CN([C@@H]2CCC[C@@H]2c2ccccc2C(C)C)C3)ccc1C(=O)NS(=O)(=O)c1ccc(NCC2CCC(C)(O)CC2)c([N+](=O)[O-])c1. The lowest BCUT2D eigenvalue weighted by Gasteiger charge is -2.57. The van der Waals surface area contributed by atoms with Crippen LogP contribution in [0.4, 0.5) is 21.5 Å². The van der Waals surface area contributed by atoms with Gasteiger partial charge in [0.15, 0.2) is 0 Å². The van der Waals surface area contributed by atoms with E-state index in [4.69, 9.17) is 4.74 Å². The van der Waals surface area contributed by atoms with Crippen LogP contribution in [-0.4, -0.2) is 83.6 Å². The molecule has 2 aliphatic carbocycles. The molecule has 4 heterocycles. The van der Waals surface area contributed by atoms with Crippen molar-refractivity contribution in [3.05, 3.63) is 111 Å². The number of H-pyrrole nitrogens is 1. The smallest absolute Gasteiger partial charge is 0.293 e. The number of aryl methyl sites for hydroxylation is 1. The number of nitrogens with zero attached hydrogens (tertiary/aromatic N) is 4. The predicted molar refractivity (Wildman–Crippen MR) is 252 cm³/mol. The molecule has 2 atom stereocenters. The van der Waals surface area contributed by atoms with Gasteiger partial charge in [0.1, 0.15) is 28.7 Å². The summed E-state index contributed by atoms with van der Waals surface area (Å²) in [5, 5.41) is 25.8. The van der Waals surface area contributed by atoms with Gasteiger partial charge in [-0.3, -0.25) is 19.8 Å². The number of pyridine rings is 1. The number of likely N-dealkylation sites (tertiary alicyclic amines) is 1. The van der Waals surface area contributed by atoms with E-state index < -0.39 is 42.9 Å². The summed E-state index contributed by atoms with van der Waals surface area (Å²) in [4.78, 5) is 37.3. The zero-order valence-electron chi connectivity index (χ0n) is 38.1. The van der Waals surface area contributed by atoms with Gasteiger partial charge < -0.3 is 25.0 Å². The molecule has 1 spiro atoms.